The molecular weight excluding hydrogens is 348 g/mol. The molecule has 9 nitrogen and oxygen atoms in total. The van der Waals surface area contributed by atoms with Crippen LogP contribution in [0.25, 0.3) is 6.08 Å². The molecule has 130 valence electrons. The standard InChI is InChI=1S/C15H14N4O5S/c1-8-11(19(21)24-18-8)7-23-12-4-3-9(6-13(12)22-2)5-10-14(20)17-15(25)16-10/h3-6H,7H2,1-2H3,(H2,16,17,20,25)/b10-5+. The van der Waals surface area contributed by atoms with Crippen LogP contribution in [-0.4, -0.2) is 23.3 Å². The largest absolute Gasteiger partial charge is 0.493 e. The van der Waals surface area contributed by atoms with Crippen molar-refractivity contribution < 1.29 is 23.8 Å². The molecule has 1 aromatic heterocycles. The van der Waals surface area contributed by atoms with Gasteiger partial charge in [-0.1, -0.05) is 6.07 Å². The van der Waals surface area contributed by atoms with E-state index >= 15 is 0 Å². The van der Waals surface area contributed by atoms with Crippen molar-refractivity contribution in [2.75, 3.05) is 7.11 Å². The van der Waals surface area contributed by atoms with Crippen LogP contribution in [0.5, 0.6) is 11.5 Å². The maximum absolute atomic E-state index is 11.7. The van der Waals surface area contributed by atoms with Gasteiger partial charge in [-0.2, -0.15) is 0 Å². The lowest BCUT2D eigenvalue weighted by atomic mass is 10.1. The predicted molar refractivity (Wildman–Crippen MR) is 89.4 cm³/mol. The maximum Gasteiger partial charge on any atom is 0.273 e. The summed E-state index contributed by atoms with van der Waals surface area (Å²) in [5.41, 5.74) is 1.78. The molecule has 2 aromatic rings. The van der Waals surface area contributed by atoms with Gasteiger partial charge in [0.2, 0.25) is 11.4 Å². The fourth-order valence-electron chi connectivity index (χ4n) is 2.18. The third-order valence-corrected chi connectivity index (χ3v) is 3.68. The first-order chi connectivity index (χ1) is 12.0. The molecular formula is C15H14N4O5S. The lowest BCUT2D eigenvalue weighted by Crippen LogP contribution is -2.29. The number of hydrogen-bond donors (Lipinski definition) is 2. The number of carbonyl (C=O) groups excluding carboxylic acids is 1. The second-order valence-corrected chi connectivity index (χ2v) is 5.54. The van der Waals surface area contributed by atoms with Crippen LogP contribution >= 0.6 is 12.2 Å². The molecule has 1 fully saturated rings. The highest BCUT2D eigenvalue weighted by Crippen LogP contribution is 2.29. The average Bonchev–Trinajstić information content (AvgIpc) is 3.07. The minimum atomic E-state index is -0.299. The Balaban J connectivity index is 1.79. The topological polar surface area (TPSA) is 113 Å². The summed E-state index contributed by atoms with van der Waals surface area (Å²) in [6.45, 7) is 1.63. The van der Waals surface area contributed by atoms with Crippen molar-refractivity contribution in [1.29, 1.82) is 0 Å². The van der Waals surface area contributed by atoms with Gasteiger partial charge in [0.05, 0.1) is 7.11 Å². The summed E-state index contributed by atoms with van der Waals surface area (Å²) in [6, 6.07) is 5.12. The summed E-state index contributed by atoms with van der Waals surface area (Å²) in [6.07, 6.45) is 1.64. The Kier molecular flexibility index (Phi) is 4.52. The molecule has 0 saturated carbocycles. The number of ether oxygens (including phenoxy) is 2. The summed E-state index contributed by atoms with van der Waals surface area (Å²) < 4.78 is 15.4. The molecule has 3 rings (SSSR count). The Morgan fingerprint density at radius 3 is 2.80 bits per heavy atom. The van der Waals surface area contributed by atoms with Crippen molar-refractivity contribution in [1.82, 2.24) is 15.8 Å². The highest BCUT2D eigenvalue weighted by atomic mass is 32.1. The molecule has 0 radical (unpaired) electrons. The molecule has 1 aromatic carbocycles. The van der Waals surface area contributed by atoms with Gasteiger partial charge in [0, 0.05) is 12.1 Å². The van der Waals surface area contributed by atoms with Crippen LogP contribution in [0.1, 0.15) is 17.0 Å². The zero-order valence-electron chi connectivity index (χ0n) is 13.4. The predicted octanol–water partition coefficient (Wildman–Crippen LogP) is 0.549. The molecule has 0 aliphatic carbocycles. The Bertz CT molecular complexity index is 857. The van der Waals surface area contributed by atoms with Gasteiger partial charge in [0.15, 0.2) is 23.2 Å². The van der Waals surface area contributed by atoms with Crippen molar-refractivity contribution >= 4 is 29.3 Å². The maximum atomic E-state index is 11.7. The zero-order valence-corrected chi connectivity index (χ0v) is 14.2. The molecule has 25 heavy (non-hydrogen) atoms. The Morgan fingerprint density at radius 1 is 1.40 bits per heavy atom. The lowest BCUT2D eigenvalue weighted by Gasteiger charge is -2.10. The van der Waals surface area contributed by atoms with Crippen molar-refractivity contribution in [2.45, 2.75) is 13.5 Å². The van der Waals surface area contributed by atoms with Gasteiger partial charge in [-0.05, 0) is 40.9 Å². The van der Waals surface area contributed by atoms with Crippen LogP contribution in [0.15, 0.2) is 28.5 Å². The molecule has 1 amide bonds. The highest BCUT2D eigenvalue weighted by molar-refractivity contribution is 7.80. The lowest BCUT2D eigenvalue weighted by molar-refractivity contribution is -0.808. The first-order valence-corrected chi connectivity index (χ1v) is 7.59. The van der Waals surface area contributed by atoms with Crippen molar-refractivity contribution in [2.24, 2.45) is 0 Å². The zero-order chi connectivity index (χ0) is 18.0. The molecule has 0 unspecified atom stereocenters. The van der Waals surface area contributed by atoms with Crippen LogP contribution in [0, 0.1) is 12.1 Å². The monoisotopic (exact) mass is 362 g/mol. The molecule has 2 N–H and O–H groups in total. The number of aryl methyl sites for hydroxylation is 1. The number of benzene rings is 1. The number of hydrogen-bond acceptors (Lipinski definition) is 7. The van der Waals surface area contributed by atoms with Gasteiger partial charge in [0.1, 0.15) is 5.70 Å². The minimum absolute atomic E-state index is 0.0200. The van der Waals surface area contributed by atoms with Crippen LogP contribution in [-0.2, 0) is 11.4 Å². The molecule has 1 aliphatic rings. The number of aromatic nitrogens is 2. The normalized spacial score (nSPS) is 15.2. The molecule has 0 spiro atoms. The summed E-state index contributed by atoms with van der Waals surface area (Å²) in [4.78, 5) is 12.0. The van der Waals surface area contributed by atoms with Crippen LogP contribution in [0.3, 0.4) is 0 Å². The average molecular weight is 362 g/mol. The van der Waals surface area contributed by atoms with E-state index in [9.17, 15) is 10.0 Å². The van der Waals surface area contributed by atoms with Crippen LogP contribution in [0.4, 0.5) is 0 Å². The van der Waals surface area contributed by atoms with Gasteiger partial charge < -0.3 is 20.0 Å². The van der Waals surface area contributed by atoms with E-state index in [1.165, 1.54) is 7.11 Å². The molecule has 1 aliphatic heterocycles. The van der Waals surface area contributed by atoms with E-state index in [0.717, 1.165) is 0 Å². The molecule has 10 heteroatoms. The van der Waals surface area contributed by atoms with Crippen LogP contribution < -0.4 is 25.0 Å². The van der Waals surface area contributed by atoms with E-state index < -0.39 is 0 Å². The first kappa shape index (κ1) is 16.7. The smallest absolute Gasteiger partial charge is 0.273 e. The van der Waals surface area contributed by atoms with Gasteiger partial charge in [-0.25, -0.2) is 0 Å². The minimum Gasteiger partial charge on any atom is -0.493 e. The van der Waals surface area contributed by atoms with Crippen LogP contribution in [0.2, 0.25) is 0 Å². The second kappa shape index (κ2) is 6.77. The fourth-order valence-corrected chi connectivity index (χ4v) is 2.38. The number of methoxy groups -OCH3 is 1. The highest BCUT2D eigenvalue weighted by Gasteiger charge is 2.20. The molecule has 2 heterocycles. The van der Waals surface area contributed by atoms with E-state index in [1.54, 1.807) is 31.2 Å². The van der Waals surface area contributed by atoms with Crippen molar-refractivity contribution in [3.8, 4) is 11.5 Å². The summed E-state index contributed by atoms with van der Waals surface area (Å²) in [5, 5.41) is 20.5. The van der Waals surface area contributed by atoms with E-state index in [2.05, 4.69) is 20.4 Å². The van der Waals surface area contributed by atoms with Gasteiger partial charge in [0.25, 0.3) is 5.91 Å². The number of nitrogens with one attached hydrogen (secondary N) is 2. The van der Waals surface area contributed by atoms with Crippen molar-refractivity contribution in [3.63, 3.8) is 0 Å². The fraction of sp³-hybridized carbons (Fsp3) is 0.200. The van der Waals surface area contributed by atoms with Gasteiger partial charge in [-0.15, -0.1) is 0 Å². The van der Waals surface area contributed by atoms with Crippen molar-refractivity contribution in [3.05, 3.63) is 46.1 Å². The van der Waals surface area contributed by atoms with E-state index in [0.29, 0.717) is 33.4 Å². The van der Waals surface area contributed by atoms with E-state index in [1.807, 2.05) is 0 Å². The van der Waals surface area contributed by atoms with Gasteiger partial charge in [-0.3, -0.25) is 14.7 Å². The first-order valence-electron chi connectivity index (χ1n) is 7.18. The number of amides is 1. The number of rotatable bonds is 5. The second-order valence-electron chi connectivity index (χ2n) is 5.13. The third kappa shape index (κ3) is 3.53. The summed E-state index contributed by atoms with van der Waals surface area (Å²) in [7, 11) is 1.49. The molecule has 1 saturated heterocycles. The quantitative estimate of drug-likeness (QED) is 0.450. The Morgan fingerprint density at radius 2 is 2.20 bits per heavy atom. The number of thiocarbonyl (C=S) groups is 1. The Hall–Kier alpha value is -3.14. The SMILES string of the molecule is COc1cc(/C=C2/NC(=S)NC2=O)ccc1OCc1c(C)no[n+]1[O-]. The molecule has 0 bridgehead atoms. The Labute approximate surface area is 147 Å². The molecule has 0 atom stereocenters. The third-order valence-electron chi connectivity index (χ3n) is 3.47. The van der Waals surface area contributed by atoms with E-state index in [-0.39, 0.29) is 23.3 Å². The van der Waals surface area contributed by atoms with Gasteiger partial charge >= 0.3 is 0 Å². The number of carbonyl (C=O) groups is 1. The summed E-state index contributed by atoms with van der Waals surface area (Å²) >= 11 is 4.88. The summed E-state index contributed by atoms with van der Waals surface area (Å²) in [5.74, 6) is 0.582. The number of nitrogens with zero attached hydrogens (tertiary/aromatic N) is 2. The van der Waals surface area contributed by atoms with E-state index in [4.69, 9.17) is 21.7 Å².